The van der Waals surface area contributed by atoms with Crippen molar-refractivity contribution in [3.8, 4) is 0 Å². The summed E-state index contributed by atoms with van der Waals surface area (Å²) in [5.74, 6) is 0. The second kappa shape index (κ2) is 4.02. The maximum Gasteiger partial charge on any atom is 0.0314 e. The van der Waals surface area contributed by atoms with Gasteiger partial charge in [0, 0.05) is 5.69 Å². The van der Waals surface area contributed by atoms with E-state index in [0.29, 0.717) is 0 Å². The van der Waals surface area contributed by atoms with Crippen molar-refractivity contribution in [1.82, 2.24) is 0 Å². The number of unbranched alkanes of at least 4 members (excludes halogenated alkanes) is 1. The molecule has 0 fully saturated rings. The largest absolute Gasteiger partial charge is 0.399 e. The number of nitrogens with two attached hydrogens (primary N) is 1. The van der Waals surface area contributed by atoms with Crippen molar-refractivity contribution < 1.29 is 0 Å². The van der Waals surface area contributed by atoms with Gasteiger partial charge in [0.05, 0.1) is 0 Å². The lowest BCUT2D eigenvalue weighted by atomic mass is 10.1. The molecule has 0 bridgehead atoms. The fourth-order valence-electron chi connectivity index (χ4n) is 1.01. The van der Waals surface area contributed by atoms with Crippen molar-refractivity contribution in [2.24, 2.45) is 0 Å². The summed E-state index contributed by atoms with van der Waals surface area (Å²) in [5, 5.41) is 0. The molecule has 0 unspecified atom stereocenters. The van der Waals surface area contributed by atoms with Crippen molar-refractivity contribution in [2.45, 2.75) is 19.3 Å². The van der Waals surface area contributed by atoms with Gasteiger partial charge in [0.1, 0.15) is 0 Å². The molecule has 0 aromatic heterocycles. The highest BCUT2D eigenvalue weighted by Crippen LogP contribution is 2.08. The zero-order valence-electron chi connectivity index (χ0n) is 6.72. The molecular weight excluding hydrogens is 134 g/mol. The van der Waals surface area contributed by atoms with Crippen molar-refractivity contribution in [3.63, 3.8) is 0 Å². The lowest BCUT2D eigenvalue weighted by Gasteiger charge is -1.98. The van der Waals surface area contributed by atoms with Crippen molar-refractivity contribution in [1.29, 1.82) is 0 Å². The van der Waals surface area contributed by atoms with Crippen LogP contribution in [-0.2, 0) is 6.42 Å². The molecule has 1 rings (SSSR count). The summed E-state index contributed by atoms with van der Waals surface area (Å²) in [7, 11) is 0. The first-order chi connectivity index (χ1) is 5.33. The van der Waals surface area contributed by atoms with Gasteiger partial charge in [-0.05, 0) is 30.5 Å². The molecule has 1 aromatic rings. The highest BCUT2D eigenvalue weighted by Gasteiger charge is 1.90. The summed E-state index contributed by atoms with van der Waals surface area (Å²) in [6.07, 6.45) is 3.28. The molecule has 0 heterocycles. The van der Waals surface area contributed by atoms with Crippen LogP contribution in [0.3, 0.4) is 0 Å². The number of aryl methyl sites for hydroxylation is 1. The predicted octanol–water partition coefficient (Wildman–Crippen LogP) is 2.43. The molecule has 0 aliphatic heterocycles. The highest BCUT2D eigenvalue weighted by molar-refractivity contribution is 5.39. The van der Waals surface area contributed by atoms with Crippen LogP contribution in [0.2, 0.25) is 0 Å². The van der Waals surface area contributed by atoms with Gasteiger partial charge in [-0.2, -0.15) is 0 Å². The molecule has 0 spiro atoms. The zero-order valence-corrected chi connectivity index (χ0v) is 6.72. The van der Waals surface area contributed by atoms with Crippen LogP contribution in [0, 0.1) is 6.92 Å². The van der Waals surface area contributed by atoms with Crippen LogP contribution in [0.15, 0.2) is 24.3 Å². The second-order valence-corrected chi connectivity index (χ2v) is 2.70. The molecule has 1 aromatic carbocycles. The van der Waals surface area contributed by atoms with Crippen molar-refractivity contribution in [2.75, 3.05) is 5.73 Å². The first-order valence-electron chi connectivity index (χ1n) is 3.96. The van der Waals surface area contributed by atoms with Gasteiger partial charge >= 0.3 is 0 Å². The van der Waals surface area contributed by atoms with Gasteiger partial charge < -0.3 is 5.73 Å². The molecule has 1 nitrogen and oxygen atoms in total. The molecule has 0 aliphatic rings. The molecule has 11 heavy (non-hydrogen) atoms. The first-order valence-corrected chi connectivity index (χ1v) is 3.96. The molecular formula is C10H14N. The average molecular weight is 148 g/mol. The van der Waals surface area contributed by atoms with Crippen LogP contribution < -0.4 is 5.73 Å². The Morgan fingerprint density at radius 1 is 1.18 bits per heavy atom. The fourth-order valence-corrected chi connectivity index (χ4v) is 1.01. The monoisotopic (exact) mass is 148 g/mol. The SMILES string of the molecule is [CH2]CCCc1ccc(N)cc1. The predicted molar refractivity (Wildman–Crippen MR) is 49.1 cm³/mol. The van der Waals surface area contributed by atoms with Crippen molar-refractivity contribution in [3.05, 3.63) is 36.8 Å². The summed E-state index contributed by atoms with van der Waals surface area (Å²) in [4.78, 5) is 0. The lowest BCUT2D eigenvalue weighted by molar-refractivity contribution is 0.841. The smallest absolute Gasteiger partial charge is 0.0314 e. The first kappa shape index (κ1) is 8.12. The van der Waals surface area contributed by atoms with E-state index < -0.39 is 0 Å². The van der Waals surface area contributed by atoms with E-state index in [2.05, 4.69) is 19.1 Å². The minimum Gasteiger partial charge on any atom is -0.399 e. The topological polar surface area (TPSA) is 26.0 Å². The molecule has 0 saturated carbocycles. The minimum atomic E-state index is 0.836. The third-order valence-electron chi connectivity index (χ3n) is 1.70. The standard InChI is InChI=1S/C10H14N/c1-2-3-4-9-5-7-10(11)8-6-9/h5-8H,1-4,11H2. The van der Waals surface area contributed by atoms with E-state index in [-0.39, 0.29) is 0 Å². The fraction of sp³-hybridized carbons (Fsp3) is 0.300. The molecule has 1 heteroatoms. The van der Waals surface area contributed by atoms with Crippen LogP contribution in [-0.4, -0.2) is 0 Å². The third-order valence-corrected chi connectivity index (χ3v) is 1.70. The quantitative estimate of drug-likeness (QED) is 0.654. The Morgan fingerprint density at radius 3 is 2.36 bits per heavy atom. The summed E-state index contributed by atoms with van der Waals surface area (Å²) in [6.45, 7) is 3.79. The normalized spacial score (nSPS) is 9.91. The van der Waals surface area contributed by atoms with Crippen LogP contribution in [0.25, 0.3) is 0 Å². The summed E-state index contributed by atoms with van der Waals surface area (Å²) in [5.41, 5.74) is 7.73. The number of anilines is 1. The van der Waals surface area contributed by atoms with Crippen LogP contribution >= 0.6 is 0 Å². The van der Waals surface area contributed by atoms with Gasteiger partial charge in [0.15, 0.2) is 0 Å². The van der Waals surface area contributed by atoms with Gasteiger partial charge in [0.2, 0.25) is 0 Å². The van der Waals surface area contributed by atoms with E-state index in [4.69, 9.17) is 5.73 Å². The maximum absolute atomic E-state index is 5.54. The summed E-state index contributed by atoms with van der Waals surface area (Å²) in [6, 6.07) is 8.03. The molecule has 59 valence electrons. The molecule has 1 radical (unpaired) electrons. The molecule has 0 aliphatic carbocycles. The van der Waals surface area contributed by atoms with E-state index in [0.717, 1.165) is 24.9 Å². The lowest BCUT2D eigenvalue weighted by Crippen LogP contribution is -1.87. The molecule has 2 N–H and O–H groups in total. The number of hydrogen-bond acceptors (Lipinski definition) is 1. The van der Waals surface area contributed by atoms with Gasteiger partial charge in [-0.25, -0.2) is 0 Å². The van der Waals surface area contributed by atoms with E-state index >= 15 is 0 Å². The van der Waals surface area contributed by atoms with Crippen LogP contribution in [0.5, 0.6) is 0 Å². The minimum absolute atomic E-state index is 0.836. The Balaban J connectivity index is 2.52. The van der Waals surface area contributed by atoms with Gasteiger partial charge in [0.25, 0.3) is 0 Å². The van der Waals surface area contributed by atoms with Gasteiger partial charge in [-0.3, -0.25) is 0 Å². The number of nitrogen functional groups attached to an aromatic ring is 1. The Morgan fingerprint density at radius 2 is 1.82 bits per heavy atom. The Labute approximate surface area is 68.2 Å². The van der Waals surface area contributed by atoms with E-state index in [9.17, 15) is 0 Å². The Bertz CT molecular complexity index is 201. The molecule has 0 atom stereocenters. The van der Waals surface area contributed by atoms with E-state index in [1.807, 2.05) is 12.1 Å². The van der Waals surface area contributed by atoms with Crippen LogP contribution in [0.4, 0.5) is 5.69 Å². The zero-order chi connectivity index (χ0) is 8.10. The molecule has 0 saturated heterocycles. The Hall–Kier alpha value is -0.980. The Kier molecular flexibility index (Phi) is 2.96. The summed E-state index contributed by atoms with van der Waals surface area (Å²) >= 11 is 0. The maximum atomic E-state index is 5.54. The second-order valence-electron chi connectivity index (χ2n) is 2.70. The average Bonchev–Trinajstić information content (AvgIpc) is 2.04. The van der Waals surface area contributed by atoms with E-state index in [1.54, 1.807) is 0 Å². The van der Waals surface area contributed by atoms with Gasteiger partial charge in [-0.1, -0.05) is 25.5 Å². The van der Waals surface area contributed by atoms with Gasteiger partial charge in [-0.15, -0.1) is 0 Å². The van der Waals surface area contributed by atoms with Crippen LogP contribution in [0.1, 0.15) is 18.4 Å². The number of benzene rings is 1. The number of hydrogen-bond donors (Lipinski definition) is 1. The molecule has 0 amide bonds. The highest BCUT2D eigenvalue weighted by atomic mass is 14.5. The summed E-state index contributed by atoms with van der Waals surface area (Å²) < 4.78 is 0. The third kappa shape index (κ3) is 2.62. The van der Waals surface area contributed by atoms with E-state index in [1.165, 1.54) is 5.56 Å². The number of rotatable bonds is 3. The van der Waals surface area contributed by atoms with Crippen molar-refractivity contribution >= 4 is 5.69 Å².